The Morgan fingerprint density at radius 1 is 0.838 bits per heavy atom. The van der Waals surface area contributed by atoms with E-state index in [0.717, 1.165) is 16.8 Å². The summed E-state index contributed by atoms with van der Waals surface area (Å²) in [6.07, 6.45) is 0.823. The summed E-state index contributed by atoms with van der Waals surface area (Å²) in [5, 5.41) is 2.88. The number of amides is 2. The van der Waals surface area contributed by atoms with Gasteiger partial charge in [-0.3, -0.25) is 14.4 Å². The van der Waals surface area contributed by atoms with Gasteiger partial charge in [0, 0.05) is 25.3 Å². The van der Waals surface area contributed by atoms with E-state index in [-0.39, 0.29) is 24.8 Å². The van der Waals surface area contributed by atoms with Crippen LogP contribution in [0.25, 0.3) is 0 Å². The van der Waals surface area contributed by atoms with Crippen molar-refractivity contribution in [3.8, 4) is 0 Å². The molecule has 0 radical (unpaired) electrons. The SMILES string of the molecule is O=C(CC1NC(=O)C2(CCN(c3ccccc3)CC2)N(Cc2ccccc2)C1=O)OCc1ccccc1. The molecule has 1 N–H and O–H groups in total. The molecule has 1 atom stereocenters. The topological polar surface area (TPSA) is 79.0 Å². The molecular weight excluding hydrogens is 466 g/mol. The Kier molecular flexibility index (Phi) is 7.21. The number of carbonyl (C=O) groups is 3. The molecule has 5 rings (SSSR count). The first-order valence-corrected chi connectivity index (χ1v) is 12.7. The molecule has 0 aliphatic carbocycles. The predicted octanol–water partition coefficient (Wildman–Crippen LogP) is 3.69. The van der Waals surface area contributed by atoms with Crippen molar-refractivity contribution in [1.29, 1.82) is 0 Å². The molecule has 0 saturated carbocycles. The van der Waals surface area contributed by atoms with Gasteiger partial charge in [0.1, 0.15) is 18.2 Å². The Bertz CT molecular complexity index is 1230. The molecule has 0 bridgehead atoms. The number of rotatable bonds is 7. The Morgan fingerprint density at radius 3 is 2.03 bits per heavy atom. The van der Waals surface area contributed by atoms with Crippen molar-refractivity contribution >= 4 is 23.5 Å². The zero-order chi connectivity index (χ0) is 25.7. The van der Waals surface area contributed by atoms with Gasteiger partial charge in [0.15, 0.2) is 0 Å². The summed E-state index contributed by atoms with van der Waals surface area (Å²) in [5.41, 5.74) is 1.96. The van der Waals surface area contributed by atoms with E-state index >= 15 is 0 Å². The van der Waals surface area contributed by atoms with Crippen LogP contribution in [0.15, 0.2) is 91.0 Å². The van der Waals surface area contributed by atoms with Crippen LogP contribution < -0.4 is 10.2 Å². The molecule has 2 heterocycles. The normalized spacial score (nSPS) is 19.0. The van der Waals surface area contributed by atoms with Crippen molar-refractivity contribution in [3.05, 3.63) is 102 Å². The van der Waals surface area contributed by atoms with Gasteiger partial charge in [0.2, 0.25) is 11.8 Å². The summed E-state index contributed by atoms with van der Waals surface area (Å²) in [6.45, 7) is 1.75. The van der Waals surface area contributed by atoms with Crippen LogP contribution in [-0.4, -0.2) is 47.4 Å². The number of nitrogens with zero attached hydrogens (tertiary/aromatic N) is 2. The number of benzene rings is 3. The third-order valence-electron chi connectivity index (χ3n) is 7.32. The van der Waals surface area contributed by atoms with E-state index in [1.807, 2.05) is 78.9 Å². The lowest BCUT2D eigenvalue weighted by molar-refractivity contribution is -0.163. The lowest BCUT2D eigenvalue weighted by Gasteiger charge is -2.51. The van der Waals surface area contributed by atoms with Crippen molar-refractivity contribution in [3.63, 3.8) is 0 Å². The zero-order valence-electron chi connectivity index (χ0n) is 20.7. The second-order valence-corrected chi connectivity index (χ2v) is 9.64. The van der Waals surface area contributed by atoms with Crippen molar-refractivity contribution in [2.24, 2.45) is 0 Å². The van der Waals surface area contributed by atoms with Crippen LogP contribution in [0.4, 0.5) is 5.69 Å². The highest BCUT2D eigenvalue weighted by Crippen LogP contribution is 2.36. The van der Waals surface area contributed by atoms with Gasteiger partial charge in [-0.1, -0.05) is 78.9 Å². The first kappa shape index (κ1) is 24.6. The van der Waals surface area contributed by atoms with Crippen LogP contribution in [0, 0.1) is 0 Å². The summed E-state index contributed by atoms with van der Waals surface area (Å²) < 4.78 is 5.40. The maximum atomic E-state index is 13.8. The lowest BCUT2D eigenvalue weighted by atomic mass is 9.81. The molecule has 37 heavy (non-hydrogen) atoms. The van der Waals surface area contributed by atoms with Gasteiger partial charge in [-0.25, -0.2) is 0 Å². The highest BCUT2D eigenvalue weighted by atomic mass is 16.5. The van der Waals surface area contributed by atoms with Crippen molar-refractivity contribution in [2.45, 2.75) is 44.0 Å². The van der Waals surface area contributed by atoms with Crippen LogP contribution in [0.1, 0.15) is 30.4 Å². The second-order valence-electron chi connectivity index (χ2n) is 9.64. The Balaban J connectivity index is 1.32. The molecule has 190 valence electrons. The number of hydrogen-bond donors (Lipinski definition) is 1. The number of hydrogen-bond acceptors (Lipinski definition) is 5. The van der Waals surface area contributed by atoms with Gasteiger partial charge in [-0.05, 0) is 36.1 Å². The number of esters is 1. The monoisotopic (exact) mass is 497 g/mol. The first-order valence-electron chi connectivity index (χ1n) is 12.7. The van der Waals surface area contributed by atoms with E-state index in [1.54, 1.807) is 4.90 Å². The Morgan fingerprint density at radius 2 is 1.41 bits per heavy atom. The third kappa shape index (κ3) is 5.35. The average molecular weight is 498 g/mol. The average Bonchev–Trinajstić information content (AvgIpc) is 2.95. The number of nitrogens with one attached hydrogen (secondary N) is 1. The zero-order valence-corrected chi connectivity index (χ0v) is 20.7. The standard InChI is InChI=1S/C30H31N3O4/c34-27(37-22-24-12-6-2-7-13-24)20-26-28(35)33(21-23-10-4-1-5-11-23)30(29(36)31-26)16-18-32(19-17-30)25-14-8-3-9-15-25/h1-15,26H,16-22H2,(H,31,36). The molecule has 3 aromatic rings. The molecule has 1 spiro atoms. The largest absolute Gasteiger partial charge is 0.461 e. The second kappa shape index (κ2) is 10.9. The molecule has 1 unspecified atom stereocenters. The van der Waals surface area contributed by atoms with E-state index in [0.29, 0.717) is 32.5 Å². The van der Waals surface area contributed by atoms with E-state index in [1.165, 1.54) is 0 Å². The summed E-state index contributed by atoms with van der Waals surface area (Å²) in [4.78, 5) is 44.0. The van der Waals surface area contributed by atoms with E-state index in [9.17, 15) is 14.4 Å². The van der Waals surface area contributed by atoms with Crippen LogP contribution in [-0.2, 0) is 32.3 Å². The smallest absolute Gasteiger partial charge is 0.308 e. The highest BCUT2D eigenvalue weighted by Gasteiger charge is 2.54. The Hall–Kier alpha value is -4.13. The lowest BCUT2D eigenvalue weighted by Crippen LogP contribution is -2.72. The van der Waals surface area contributed by atoms with Crippen LogP contribution in [0.5, 0.6) is 0 Å². The van der Waals surface area contributed by atoms with E-state index in [4.69, 9.17) is 4.74 Å². The van der Waals surface area contributed by atoms with Crippen molar-refractivity contribution in [2.75, 3.05) is 18.0 Å². The molecule has 2 aliphatic heterocycles. The predicted molar refractivity (Wildman–Crippen MR) is 140 cm³/mol. The summed E-state index contributed by atoms with van der Waals surface area (Å²) in [7, 11) is 0. The highest BCUT2D eigenvalue weighted by molar-refractivity contribution is 6.01. The van der Waals surface area contributed by atoms with E-state index < -0.39 is 17.6 Å². The third-order valence-corrected chi connectivity index (χ3v) is 7.32. The molecule has 2 amide bonds. The Labute approximate surface area is 217 Å². The van der Waals surface area contributed by atoms with Gasteiger partial charge in [-0.2, -0.15) is 0 Å². The molecule has 7 heteroatoms. The maximum absolute atomic E-state index is 13.8. The number of ether oxygens (including phenoxy) is 1. The molecule has 0 aromatic heterocycles. The van der Waals surface area contributed by atoms with Gasteiger partial charge < -0.3 is 19.9 Å². The van der Waals surface area contributed by atoms with Crippen molar-refractivity contribution in [1.82, 2.24) is 10.2 Å². The number of piperazine rings is 1. The number of para-hydroxylation sites is 1. The van der Waals surface area contributed by atoms with Gasteiger partial charge in [-0.15, -0.1) is 0 Å². The number of carbonyl (C=O) groups excluding carboxylic acids is 3. The summed E-state index contributed by atoms with van der Waals surface area (Å²) in [5.74, 6) is -0.957. The quantitative estimate of drug-likeness (QED) is 0.504. The molecule has 2 aliphatic rings. The minimum Gasteiger partial charge on any atom is -0.461 e. The van der Waals surface area contributed by atoms with Gasteiger partial charge in [0.05, 0.1) is 6.42 Å². The molecular formula is C30H31N3O4. The van der Waals surface area contributed by atoms with Crippen LogP contribution in [0.3, 0.4) is 0 Å². The summed E-state index contributed by atoms with van der Waals surface area (Å²) in [6, 6.07) is 28.2. The minimum atomic E-state index is -0.956. The van der Waals surface area contributed by atoms with E-state index in [2.05, 4.69) is 22.3 Å². The molecule has 2 saturated heterocycles. The van der Waals surface area contributed by atoms with Gasteiger partial charge in [0.25, 0.3) is 0 Å². The fourth-order valence-electron chi connectivity index (χ4n) is 5.24. The first-order chi connectivity index (χ1) is 18.0. The molecule has 2 fully saturated rings. The number of anilines is 1. The van der Waals surface area contributed by atoms with Crippen LogP contribution in [0.2, 0.25) is 0 Å². The molecule has 7 nitrogen and oxygen atoms in total. The number of piperidine rings is 1. The van der Waals surface area contributed by atoms with Crippen molar-refractivity contribution < 1.29 is 19.1 Å². The fraction of sp³-hybridized carbons (Fsp3) is 0.300. The molecule has 3 aromatic carbocycles. The van der Waals surface area contributed by atoms with Crippen LogP contribution >= 0.6 is 0 Å². The maximum Gasteiger partial charge on any atom is 0.308 e. The fourth-order valence-corrected chi connectivity index (χ4v) is 5.24. The minimum absolute atomic E-state index is 0.127. The van der Waals surface area contributed by atoms with Gasteiger partial charge >= 0.3 is 5.97 Å². The summed E-state index contributed by atoms with van der Waals surface area (Å²) >= 11 is 0.